The maximum absolute atomic E-state index is 10.6. The van der Waals surface area contributed by atoms with Crippen molar-refractivity contribution in [2.24, 2.45) is 0 Å². The van der Waals surface area contributed by atoms with E-state index in [0.717, 1.165) is 48.1 Å². The first-order valence-corrected chi connectivity index (χ1v) is 27.2. The molecule has 4 nitrogen and oxygen atoms in total. The molecule has 0 aliphatic rings. The number of hydrogen-bond acceptors (Lipinski definition) is 3. The molecule has 0 fully saturated rings. The Morgan fingerprint density at radius 1 is 0.319 bits per heavy atom. The lowest BCUT2D eigenvalue weighted by atomic mass is 10.2. The lowest BCUT2D eigenvalue weighted by Crippen LogP contribution is -2.74. The van der Waals surface area contributed by atoms with Gasteiger partial charge in [0.2, 0.25) is 5.95 Å². The summed E-state index contributed by atoms with van der Waals surface area (Å²) in [5.41, 5.74) is 2.56. The third kappa shape index (κ3) is 7.17. The van der Waals surface area contributed by atoms with Gasteiger partial charge in [0.15, 0.2) is 27.8 Å². The molecule has 0 unspecified atom stereocenters. The number of nitrogens with zero attached hydrogens (tertiary/aromatic N) is 4. The van der Waals surface area contributed by atoms with Crippen LogP contribution < -0.4 is 41.5 Å². The molecule has 2 aromatic heterocycles. The van der Waals surface area contributed by atoms with Crippen LogP contribution >= 0.6 is 0 Å². The van der Waals surface area contributed by atoms with Crippen molar-refractivity contribution < 1.29 is 5.48 Å². The molecule has 10 aromatic carbocycles. The van der Waals surface area contributed by atoms with Crippen LogP contribution in [0.3, 0.4) is 0 Å². The quantitative estimate of drug-likeness (QED) is 0.0962. The van der Waals surface area contributed by atoms with Crippen molar-refractivity contribution in [3.8, 4) is 28.7 Å². The summed E-state index contributed by atoms with van der Waals surface area (Å²) in [7, 11) is -6.62. The smallest absolute Gasteiger partial charge is 0.238 e. The van der Waals surface area contributed by atoms with E-state index in [0.29, 0.717) is 17.0 Å². The van der Waals surface area contributed by atoms with Crippen LogP contribution in [0.25, 0.3) is 50.5 Å². The Morgan fingerprint density at radius 2 is 0.681 bits per heavy atom. The van der Waals surface area contributed by atoms with E-state index >= 15 is 0 Å². The SMILES string of the molecule is [2H]c1c([2H])c(-c2nc(-c3cccc([Si](c4ccccc4)(c4ccccc4)c4ccccc4)c3)nc(-n3c4ccccc4c4ccccc43)n2)c([2H])c([Si](c2ccccc2)(c2ccccc2)c2ccccc2)c1[2H]. The molecule has 0 N–H and O–H groups in total. The maximum Gasteiger partial charge on any atom is 0.238 e. The minimum atomic E-state index is -3.60. The summed E-state index contributed by atoms with van der Waals surface area (Å²) >= 11 is 0. The summed E-state index contributed by atoms with van der Waals surface area (Å²) in [5.74, 6) is 0.729. The van der Waals surface area contributed by atoms with Gasteiger partial charge in [-0.15, -0.1) is 0 Å². The van der Waals surface area contributed by atoms with Crippen molar-refractivity contribution in [2.75, 3.05) is 0 Å². The van der Waals surface area contributed by atoms with E-state index in [-0.39, 0.29) is 35.6 Å². The van der Waals surface area contributed by atoms with Crippen LogP contribution in [0.15, 0.2) is 279 Å². The molecule has 326 valence electrons. The van der Waals surface area contributed by atoms with E-state index in [1.807, 2.05) is 89.5 Å². The highest BCUT2D eigenvalue weighted by atomic mass is 28.3. The van der Waals surface area contributed by atoms with Crippen LogP contribution in [0.2, 0.25) is 0 Å². The molecule has 12 aromatic rings. The van der Waals surface area contributed by atoms with Crippen LogP contribution in [0.4, 0.5) is 0 Å². The first-order valence-electron chi connectivity index (χ1n) is 25.2. The molecule has 0 amide bonds. The highest BCUT2D eigenvalue weighted by Gasteiger charge is 2.43. The van der Waals surface area contributed by atoms with Crippen LogP contribution in [0.1, 0.15) is 5.48 Å². The van der Waals surface area contributed by atoms with E-state index in [1.54, 1.807) is 0 Å². The van der Waals surface area contributed by atoms with Crippen molar-refractivity contribution in [3.63, 3.8) is 0 Å². The summed E-state index contributed by atoms with van der Waals surface area (Å²) in [4.78, 5) is 16.0. The van der Waals surface area contributed by atoms with Gasteiger partial charge in [-0.3, -0.25) is 4.57 Å². The minimum Gasteiger partial charge on any atom is -0.278 e. The third-order valence-electron chi connectivity index (χ3n) is 13.4. The fourth-order valence-electron chi connectivity index (χ4n) is 10.4. The van der Waals surface area contributed by atoms with Gasteiger partial charge in [0.05, 0.1) is 16.5 Å². The molecule has 0 saturated carbocycles. The van der Waals surface area contributed by atoms with E-state index in [2.05, 4.69) is 170 Å². The van der Waals surface area contributed by atoms with Gasteiger partial charge in [-0.25, -0.2) is 4.98 Å². The standard InChI is InChI=1S/C63H46N4Si2/c1-7-27-49(28-8-1)68(50-29-9-2-10-30-50,51-31-11-3-12-32-51)55-39-23-25-47(45-55)61-64-62(66-63(65-61)67-59-43-21-19-41-57(59)58-42-20-22-44-60(58)67)48-26-24-40-56(46-48)69(52-33-13-4-14-34-52,53-35-15-5-16-36-53)54-37-17-6-18-38-54/h1-46H/i23D,25D,39D,45D. The van der Waals surface area contributed by atoms with Gasteiger partial charge in [0.25, 0.3) is 0 Å². The van der Waals surface area contributed by atoms with Crippen molar-refractivity contribution in [3.05, 3.63) is 279 Å². The molecule has 69 heavy (non-hydrogen) atoms. The summed E-state index contributed by atoms with van der Waals surface area (Å²) in [6, 6.07) is 86.7. The molecule has 0 saturated heterocycles. The van der Waals surface area contributed by atoms with E-state index in [4.69, 9.17) is 15.0 Å². The average Bonchev–Trinajstić information content (AvgIpc) is 3.80. The molecular formula is C63H46N4Si2. The first-order chi connectivity index (χ1) is 35.9. The second kappa shape index (κ2) is 17.9. The molecule has 6 heteroatoms. The summed E-state index contributed by atoms with van der Waals surface area (Å²) in [6.45, 7) is 0. The zero-order valence-electron chi connectivity index (χ0n) is 41.5. The van der Waals surface area contributed by atoms with E-state index in [1.165, 1.54) is 15.6 Å². The highest BCUT2D eigenvalue weighted by molar-refractivity contribution is 7.20. The molecule has 0 radical (unpaired) electrons. The Labute approximate surface area is 410 Å². The van der Waals surface area contributed by atoms with Crippen molar-refractivity contribution >= 4 is 79.4 Å². The lowest BCUT2D eigenvalue weighted by Gasteiger charge is -2.34. The molecule has 0 aliphatic heterocycles. The molecule has 2 heterocycles. The van der Waals surface area contributed by atoms with Gasteiger partial charge < -0.3 is 0 Å². The van der Waals surface area contributed by atoms with Gasteiger partial charge in [-0.05, 0) is 53.6 Å². The van der Waals surface area contributed by atoms with E-state index in [9.17, 15) is 5.48 Å². The Morgan fingerprint density at radius 3 is 1.12 bits per heavy atom. The largest absolute Gasteiger partial charge is 0.278 e. The normalized spacial score (nSPS) is 12.6. The summed E-state index contributed by atoms with van der Waals surface area (Å²) in [5, 5.41) is 10.0. The van der Waals surface area contributed by atoms with Crippen molar-refractivity contribution in [1.29, 1.82) is 0 Å². The lowest BCUT2D eigenvalue weighted by molar-refractivity contribution is 0.953. The molecule has 0 bridgehead atoms. The average molecular weight is 919 g/mol. The minimum absolute atomic E-state index is 0.0584. The number of rotatable bonds is 11. The first kappa shape index (κ1) is 37.5. The summed E-state index contributed by atoms with van der Waals surface area (Å²) < 4.78 is 42.0. The zero-order chi connectivity index (χ0) is 49.5. The Bertz CT molecular complexity index is 3710. The Hall–Kier alpha value is -8.56. The van der Waals surface area contributed by atoms with Gasteiger partial charge in [-0.1, -0.05) is 267 Å². The van der Waals surface area contributed by atoms with E-state index < -0.39 is 16.1 Å². The monoisotopic (exact) mass is 918 g/mol. The third-order valence-corrected chi connectivity index (χ3v) is 22.8. The van der Waals surface area contributed by atoms with Gasteiger partial charge >= 0.3 is 0 Å². The second-order valence-corrected chi connectivity index (χ2v) is 24.7. The second-order valence-electron chi connectivity index (χ2n) is 17.2. The topological polar surface area (TPSA) is 43.6 Å². The predicted molar refractivity (Wildman–Crippen MR) is 292 cm³/mol. The Kier molecular flexibility index (Phi) is 9.75. The predicted octanol–water partition coefficient (Wildman–Crippen LogP) is 9.06. The molecule has 0 spiro atoms. The van der Waals surface area contributed by atoms with Gasteiger partial charge in [0, 0.05) is 21.9 Å². The van der Waals surface area contributed by atoms with Crippen LogP contribution in [0.5, 0.6) is 0 Å². The number of fused-ring (bicyclic) bond motifs is 3. The number of para-hydroxylation sites is 2. The zero-order valence-corrected chi connectivity index (χ0v) is 39.5. The molecule has 12 rings (SSSR count). The van der Waals surface area contributed by atoms with Crippen molar-refractivity contribution in [2.45, 2.75) is 0 Å². The highest BCUT2D eigenvalue weighted by Crippen LogP contribution is 2.32. The fourth-order valence-corrected chi connectivity index (χ4v) is 19.7. The number of benzene rings is 10. The van der Waals surface area contributed by atoms with Crippen LogP contribution in [0, 0.1) is 0 Å². The van der Waals surface area contributed by atoms with Gasteiger partial charge in [-0.2, -0.15) is 9.97 Å². The molecule has 0 atom stereocenters. The maximum atomic E-state index is 10.6. The van der Waals surface area contributed by atoms with Crippen molar-refractivity contribution in [1.82, 2.24) is 19.5 Å². The number of aromatic nitrogens is 4. The Balaban J connectivity index is 1.18. The van der Waals surface area contributed by atoms with Crippen LogP contribution in [-0.2, 0) is 0 Å². The molecule has 0 aliphatic carbocycles. The summed E-state index contributed by atoms with van der Waals surface area (Å²) in [6.07, 6.45) is 0. The number of hydrogen-bond donors (Lipinski definition) is 0. The fraction of sp³-hybridized carbons (Fsp3) is 0. The molecular weight excluding hydrogens is 869 g/mol. The van der Waals surface area contributed by atoms with Crippen LogP contribution in [-0.4, -0.2) is 35.7 Å². The van der Waals surface area contributed by atoms with Gasteiger partial charge in [0.1, 0.15) is 0 Å².